The van der Waals surface area contributed by atoms with Gasteiger partial charge in [0, 0.05) is 39.1 Å². The van der Waals surface area contributed by atoms with Crippen molar-refractivity contribution in [2.24, 2.45) is 5.92 Å². The molecule has 1 unspecified atom stereocenters. The van der Waals surface area contributed by atoms with Crippen LogP contribution in [-0.4, -0.2) is 56.7 Å². The molecule has 2 aliphatic heterocycles. The zero-order valence-electron chi connectivity index (χ0n) is 14.7. The fourth-order valence-corrected chi connectivity index (χ4v) is 3.58. The lowest BCUT2D eigenvalue weighted by Crippen LogP contribution is -2.39. The third kappa shape index (κ3) is 4.41. The summed E-state index contributed by atoms with van der Waals surface area (Å²) in [6.07, 6.45) is 2.94. The van der Waals surface area contributed by atoms with E-state index in [-0.39, 0.29) is 5.91 Å². The van der Waals surface area contributed by atoms with Crippen LogP contribution < -0.4 is 10.2 Å². The molecule has 0 aromatic heterocycles. The molecular formula is C19H29N3O2. The zero-order valence-corrected chi connectivity index (χ0v) is 14.7. The molecule has 0 radical (unpaired) electrons. The van der Waals surface area contributed by atoms with Crippen LogP contribution >= 0.6 is 0 Å². The highest BCUT2D eigenvalue weighted by atomic mass is 16.5. The minimum Gasteiger partial charge on any atom is -0.383 e. The van der Waals surface area contributed by atoms with E-state index < -0.39 is 0 Å². The largest absolute Gasteiger partial charge is 0.383 e. The number of nitrogens with zero attached hydrogens (tertiary/aromatic N) is 2. The Morgan fingerprint density at radius 1 is 1.25 bits per heavy atom. The van der Waals surface area contributed by atoms with Crippen molar-refractivity contribution in [1.82, 2.24) is 4.90 Å². The highest BCUT2D eigenvalue weighted by Crippen LogP contribution is 2.26. The van der Waals surface area contributed by atoms with Gasteiger partial charge in [0.05, 0.1) is 24.6 Å². The van der Waals surface area contributed by atoms with Crippen LogP contribution in [0.3, 0.4) is 0 Å². The van der Waals surface area contributed by atoms with Crippen molar-refractivity contribution in [3.8, 4) is 0 Å². The van der Waals surface area contributed by atoms with Crippen molar-refractivity contribution in [2.75, 3.05) is 56.2 Å². The SMILES string of the molecule is CC1CCCN(C(=O)CCNc2ccccc2N2CCOCC2)C1. The van der Waals surface area contributed by atoms with Gasteiger partial charge in [-0.15, -0.1) is 0 Å². The van der Waals surface area contributed by atoms with E-state index in [1.165, 1.54) is 12.1 Å². The second-order valence-corrected chi connectivity index (χ2v) is 6.88. The molecule has 5 heteroatoms. The van der Waals surface area contributed by atoms with Crippen LogP contribution in [0, 0.1) is 5.92 Å². The van der Waals surface area contributed by atoms with Crippen LogP contribution in [0.4, 0.5) is 11.4 Å². The first-order chi connectivity index (χ1) is 11.7. The number of hydrogen-bond acceptors (Lipinski definition) is 4. The molecule has 2 aliphatic rings. The minimum atomic E-state index is 0.276. The first-order valence-corrected chi connectivity index (χ1v) is 9.17. The lowest BCUT2D eigenvalue weighted by molar-refractivity contribution is -0.132. The van der Waals surface area contributed by atoms with E-state index in [1.807, 2.05) is 11.0 Å². The van der Waals surface area contributed by atoms with Crippen molar-refractivity contribution in [2.45, 2.75) is 26.2 Å². The summed E-state index contributed by atoms with van der Waals surface area (Å²) in [7, 11) is 0. The third-order valence-corrected chi connectivity index (χ3v) is 4.92. The minimum absolute atomic E-state index is 0.276. The second-order valence-electron chi connectivity index (χ2n) is 6.88. The molecule has 1 atom stereocenters. The molecule has 1 amide bonds. The van der Waals surface area contributed by atoms with Gasteiger partial charge in [-0.25, -0.2) is 0 Å². The first kappa shape index (κ1) is 17.1. The van der Waals surface area contributed by atoms with Gasteiger partial charge >= 0.3 is 0 Å². The number of benzene rings is 1. The van der Waals surface area contributed by atoms with Gasteiger partial charge in [-0.1, -0.05) is 19.1 Å². The predicted molar refractivity (Wildman–Crippen MR) is 97.6 cm³/mol. The van der Waals surface area contributed by atoms with Crippen LogP contribution in [0.1, 0.15) is 26.2 Å². The molecule has 1 N–H and O–H groups in total. The number of carbonyl (C=O) groups is 1. The van der Waals surface area contributed by atoms with Crippen molar-refractivity contribution in [3.63, 3.8) is 0 Å². The number of hydrogen-bond donors (Lipinski definition) is 1. The number of rotatable bonds is 5. The maximum atomic E-state index is 12.4. The number of para-hydroxylation sites is 2. The van der Waals surface area contributed by atoms with Crippen molar-refractivity contribution < 1.29 is 9.53 Å². The highest BCUT2D eigenvalue weighted by Gasteiger charge is 2.20. The van der Waals surface area contributed by atoms with Gasteiger partial charge < -0.3 is 19.9 Å². The molecule has 0 saturated carbocycles. The van der Waals surface area contributed by atoms with E-state index >= 15 is 0 Å². The van der Waals surface area contributed by atoms with Gasteiger partial charge in [-0.3, -0.25) is 4.79 Å². The van der Waals surface area contributed by atoms with Crippen molar-refractivity contribution >= 4 is 17.3 Å². The van der Waals surface area contributed by atoms with Gasteiger partial charge in [0.25, 0.3) is 0 Å². The van der Waals surface area contributed by atoms with E-state index in [2.05, 4.69) is 35.3 Å². The molecule has 5 nitrogen and oxygen atoms in total. The number of anilines is 2. The Balaban J connectivity index is 1.52. The lowest BCUT2D eigenvalue weighted by atomic mass is 10.00. The fraction of sp³-hybridized carbons (Fsp3) is 0.632. The summed E-state index contributed by atoms with van der Waals surface area (Å²) in [4.78, 5) is 16.8. The normalized spacial score (nSPS) is 21.6. The molecule has 1 aromatic carbocycles. The summed E-state index contributed by atoms with van der Waals surface area (Å²) >= 11 is 0. The molecule has 0 aliphatic carbocycles. The fourth-order valence-electron chi connectivity index (χ4n) is 3.58. The Hall–Kier alpha value is -1.75. The number of likely N-dealkylation sites (tertiary alicyclic amines) is 1. The Kier molecular flexibility index (Phi) is 5.96. The summed E-state index contributed by atoms with van der Waals surface area (Å²) in [5.74, 6) is 0.913. The van der Waals surface area contributed by atoms with Crippen LogP contribution in [0.5, 0.6) is 0 Å². The smallest absolute Gasteiger partial charge is 0.224 e. The maximum Gasteiger partial charge on any atom is 0.224 e. The molecule has 3 rings (SSSR count). The second kappa shape index (κ2) is 8.38. The molecule has 0 spiro atoms. The van der Waals surface area contributed by atoms with Gasteiger partial charge in [0.1, 0.15) is 0 Å². The summed E-state index contributed by atoms with van der Waals surface area (Å²) in [5.41, 5.74) is 2.32. The number of amides is 1. The highest BCUT2D eigenvalue weighted by molar-refractivity contribution is 5.77. The summed E-state index contributed by atoms with van der Waals surface area (Å²) in [5, 5.41) is 3.46. The molecule has 2 saturated heterocycles. The monoisotopic (exact) mass is 331 g/mol. The Labute approximate surface area is 145 Å². The molecule has 2 heterocycles. The van der Waals surface area contributed by atoms with E-state index in [4.69, 9.17) is 4.74 Å². The number of ether oxygens (including phenoxy) is 1. The van der Waals surface area contributed by atoms with Gasteiger partial charge in [0.2, 0.25) is 5.91 Å². The molecule has 132 valence electrons. The van der Waals surface area contributed by atoms with E-state index in [9.17, 15) is 4.79 Å². The zero-order chi connectivity index (χ0) is 16.8. The first-order valence-electron chi connectivity index (χ1n) is 9.17. The molecule has 24 heavy (non-hydrogen) atoms. The Bertz CT molecular complexity index is 543. The summed E-state index contributed by atoms with van der Waals surface area (Å²) in [6, 6.07) is 8.34. The maximum absolute atomic E-state index is 12.4. The van der Waals surface area contributed by atoms with Crippen molar-refractivity contribution in [1.29, 1.82) is 0 Å². The predicted octanol–water partition coefficient (Wildman–Crippen LogP) is 2.58. The Morgan fingerprint density at radius 3 is 2.83 bits per heavy atom. The average molecular weight is 331 g/mol. The molecule has 0 bridgehead atoms. The van der Waals surface area contributed by atoms with Crippen LogP contribution in [0.15, 0.2) is 24.3 Å². The van der Waals surface area contributed by atoms with E-state index in [0.29, 0.717) is 18.9 Å². The molecule has 2 fully saturated rings. The number of morpholine rings is 1. The van der Waals surface area contributed by atoms with Gasteiger partial charge in [-0.05, 0) is 30.9 Å². The third-order valence-electron chi connectivity index (χ3n) is 4.92. The molecule has 1 aromatic rings. The topological polar surface area (TPSA) is 44.8 Å². The summed E-state index contributed by atoms with van der Waals surface area (Å²) < 4.78 is 5.44. The number of carbonyl (C=O) groups excluding carboxylic acids is 1. The van der Waals surface area contributed by atoms with Gasteiger partial charge in [0.15, 0.2) is 0 Å². The number of nitrogens with one attached hydrogen (secondary N) is 1. The Morgan fingerprint density at radius 2 is 2.04 bits per heavy atom. The quantitative estimate of drug-likeness (QED) is 0.901. The molecular weight excluding hydrogens is 302 g/mol. The lowest BCUT2D eigenvalue weighted by Gasteiger charge is -2.32. The van der Waals surface area contributed by atoms with Crippen LogP contribution in [0.25, 0.3) is 0 Å². The van der Waals surface area contributed by atoms with Crippen LogP contribution in [0.2, 0.25) is 0 Å². The summed E-state index contributed by atoms with van der Waals surface area (Å²) in [6.45, 7) is 8.16. The van der Waals surface area contributed by atoms with E-state index in [1.54, 1.807) is 0 Å². The standard InChI is InChI=1S/C19H29N3O2/c1-16-5-4-10-22(15-16)19(23)8-9-20-17-6-2-3-7-18(17)21-11-13-24-14-12-21/h2-3,6-7,16,20H,4-5,8-15H2,1H3. The number of piperidine rings is 1. The average Bonchev–Trinajstić information content (AvgIpc) is 2.63. The van der Waals surface area contributed by atoms with Crippen LogP contribution in [-0.2, 0) is 9.53 Å². The van der Waals surface area contributed by atoms with Crippen molar-refractivity contribution in [3.05, 3.63) is 24.3 Å². The van der Waals surface area contributed by atoms with E-state index in [0.717, 1.165) is 51.5 Å². The van der Waals surface area contributed by atoms with Gasteiger partial charge in [-0.2, -0.15) is 0 Å².